The van der Waals surface area contributed by atoms with E-state index < -0.39 is 34.3 Å². The Morgan fingerprint density at radius 1 is 1.25 bits per heavy atom. The molecule has 2 aromatic rings. The van der Waals surface area contributed by atoms with Gasteiger partial charge in [0.2, 0.25) is 0 Å². The number of carbonyl (C=O) groups is 1. The summed E-state index contributed by atoms with van der Waals surface area (Å²) in [5, 5.41) is 10.3. The van der Waals surface area contributed by atoms with Gasteiger partial charge in [0.05, 0.1) is 5.54 Å². The van der Waals surface area contributed by atoms with Gasteiger partial charge in [-0.05, 0) is 54.0 Å². The lowest BCUT2D eigenvalue weighted by molar-refractivity contribution is -0.136. The van der Waals surface area contributed by atoms with Gasteiger partial charge >= 0.3 is 6.18 Å². The van der Waals surface area contributed by atoms with Crippen LogP contribution in [-0.4, -0.2) is 53.4 Å². The van der Waals surface area contributed by atoms with Crippen LogP contribution in [0.4, 0.5) is 13.2 Å². The number of fused-ring (bicyclic) bond motifs is 1. The number of aliphatic hydroxyl groups is 1. The second kappa shape index (κ2) is 9.60. The summed E-state index contributed by atoms with van der Waals surface area (Å²) in [4.78, 5) is 16.9. The topological polar surface area (TPSA) is 99.6 Å². The molecule has 1 fully saturated rings. The second-order valence-corrected chi connectivity index (χ2v) is 11.2. The average molecular weight is 524 g/mol. The Kier molecular flexibility index (Phi) is 7.02. The Morgan fingerprint density at radius 2 is 2.00 bits per heavy atom. The number of hydrogen-bond donors (Lipinski definition) is 2. The fourth-order valence-corrected chi connectivity index (χ4v) is 7.10. The highest BCUT2D eigenvalue weighted by Gasteiger charge is 2.56. The number of halogens is 3. The maximum atomic E-state index is 13.1. The molecule has 0 unspecified atom stereocenters. The van der Waals surface area contributed by atoms with Crippen molar-refractivity contribution < 1.29 is 31.5 Å². The molecule has 2 N–H and O–H groups in total. The van der Waals surface area contributed by atoms with Crippen LogP contribution in [0.1, 0.15) is 47.4 Å². The monoisotopic (exact) mass is 523 g/mol. The molecule has 2 aliphatic rings. The van der Waals surface area contributed by atoms with E-state index in [1.807, 2.05) is 13.8 Å². The Bertz CT molecular complexity index is 1280. The molecule has 1 aromatic carbocycles. The average Bonchev–Trinajstić information content (AvgIpc) is 3.01. The van der Waals surface area contributed by atoms with Crippen molar-refractivity contribution in [2.45, 2.75) is 44.8 Å². The van der Waals surface area contributed by atoms with E-state index in [-0.39, 0.29) is 29.8 Å². The Labute approximate surface area is 208 Å². The van der Waals surface area contributed by atoms with Crippen LogP contribution < -0.4 is 4.72 Å². The van der Waals surface area contributed by atoms with Gasteiger partial charge in [-0.2, -0.15) is 30.6 Å². The lowest BCUT2D eigenvalue weighted by Crippen LogP contribution is -2.55. The molecule has 0 saturated carbocycles. The minimum Gasteiger partial charge on any atom is -0.506 e. The highest BCUT2D eigenvalue weighted by molar-refractivity contribution is 7.87. The molecule has 2 heterocycles. The van der Waals surface area contributed by atoms with Crippen molar-refractivity contribution in [1.29, 1.82) is 0 Å². The predicted molar refractivity (Wildman–Crippen MR) is 128 cm³/mol. The molecular formula is C25H28F3N3O4S. The van der Waals surface area contributed by atoms with Gasteiger partial charge in [0.1, 0.15) is 18.0 Å². The molecule has 1 aliphatic carbocycles. The van der Waals surface area contributed by atoms with Gasteiger partial charge in [-0.3, -0.25) is 9.78 Å². The van der Waals surface area contributed by atoms with Gasteiger partial charge in [0, 0.05) is 24.4 Å². The molecule has 1 aliphatic heterocycles. The van der Waals surface area contributed by atoms with Gasteiger partial charge in [0.15, 0.2) is 5.78 Å². The maximum Gasteiger partial charge on any atom is 0.402 e. The van der Waals surface area contributed by atoms with Crippen LogP contribution in [-0.2, 0) is 23.1 Å². The SMILES string of the molecule is CC[C@@H]1Cc2cc(C(=O)/C=C(\O)c3ccccn3)ccc2C[C@H](C)[C@]12CN(CC(F)(F)F)S(=O)(=O)N2. The number of allylic oxidation sites excluding steroid dienone is 1. The van der Waals surface area contributed by atoms with E-state index in [0.29, 0.717) is 29.1 Å². The van der Waals surface area contributed by atoms with E-state index >= 15 is 0 Å². The predicted octanol–water partition coefficient (Wildman–Crippen LogP) is 4.08. The molecule has 11 heteroatoms. The number of aromatic nitrogens is 1. The number of alkyl halides is 3. The third kappa shape index (κ3) is 5.18. The smallest absolute Gasteiger partial charge is 0.402 e. The summed E-state index contributed by atoms with van der Waals surface area (Å²) in [7, 11) is -4.30. The van der Waals surface area contributed by atoms with E-state index in [9.17, 15) is 31.5 Å². The molecule has 0 bridgehead atoms. The fraction of sp³-hybridized carbons (Fsp3) is 0.440. The van der Waals surface area contributed by atoms with Gasteiger partial charge in [-0.15, -0.1) is 0 Å². The van der Waals surface area contributed by atoms with E-state index in [4.69, 9.17) is 0 Å². The molecular weight excluding hydrogens is 495 g/mol. The standard InChI is InChI=1S/C25H28F3N3O4S/c1-3-20-12-19-11-18(22(32)13-23(33)21-6-4-5-9-29-21)8-7-17(19)10-16(2)24(20)14-31(15-25(26,27)28)36(34,35)30-24/h4-9,11,13,16,20,30,33H,3,10,12,14-15H2,1-2H3/b23-13-/t16-,20+,24+/m0/s1. The Balaban J connectivity index is 1.64. The Hall–Kier alpha value is -2.76. The first-order valence-electron chi connectivity index (χ1n) is 11.7. The first-order valence-corrected chi connectivity index (χ1v) is 13.1. The van der Waals surface area contributed by atoms with Gasteiger partial charge < -0.3 is 5.11 Å². The summed E-state index contributed by atoms with van der Waals surface area (Å²) in [6, 6.07) is 10.1. The van der Waals surface area contributed by atoms with Gasteiger partial charge in [0.25, 0.3) is 10.2 Å². The number of rotatable bonds is 5. The van der Waals surface area contributed by atoms with Crippen LogP contribution >= 0.6 is 0 Å². The lowest BCUT2D eigenvalue weighted by atomic mass is 9.72. The molecule has 36 heavy (non-hydrogen) atoms. The minimum absolute atomic E-state index is 0.263. The zero-order valence-corrected chi connectivity index (χ0v) is 20.7. The summed E-state index contributed by atoms with van der Waals surface area (Å²) in [6.45, 7) is 1.93. The van der Waals surface area contributed by atoms with Crippen LogP contribution in [0.25, 0.3) is 5.76 Å². The van der Waals surface area contributed by atoms with Gasteiger partial charge in [-0.25, -0.2) is 0 Å². The number of pyridine rings is 1. The molecule has 4 rings (SSSR count). The molecule has 1 saturated heterocycles. The van der Waals surface area contributed by atoms with Crippen LogP contribution in [0.15, 0.2) is 48.7 Å². The highest BCUT2D eigenvalue weighted by atomic mass is 32.2. The lowest BCUT2D eigenvalue weighted by Gasteiger charge is -2.39. The van der Waals surface area contributed by atoms with Crippen molar-refractivity contribution in [3.8, 4) is 0 Å². The summed E-state index contributed by atoms with van der Waals surface area (Å²) < 4.78 is 67.8. The number of nitrogens with zero attached hydrogens (tertiary/aromatic N) is 2. The van der Waals surface area contributed by atoms with Crippen molar-refractivity contribution in [3.63, 3.8) is 0 Å². The zero-order valence-electron chi connectivity index (χ0n) is 19.9. The second-order valence-electron chi connectivity index (χ2n) is 9.54. The highest BCUT2D eigenvalue weighted by Crippen LogP contribution is 2.43. The first kappa shape index (κ1) is 26.3. The number of nitrogens with one attached hydrogen (secondary N) is 1. The van der Waals surface area contributed by atoms with Crippen molar-refractivity contribution in [3.05, 3.63) is 71.1 Å². The number of carbonyl (C=O) groups excluding carboxylic acids is 1. The summed E-state index contributed by atoms with van der Waals surface area (Å²) in [6.07, 6.45) is -0.676. The molecule has 7 nitrogen and oxygen atoms in total. The molecule has 0 amide bonds. The zero-order chi connectivity index (χ0) is 26.3. The molecule has 194 valence electrons. The molecule has 1 spiro atoms. The molecule has 1 aromatic heterocycles. The number of benzene rings is 1. The largest absolute Gasteiger partial charge is 0.506 e. The molecule has 3 atom stereocenters. The van der Waals surface area contributed by atoms with E-state index in [1.54, 1.807) is 36.4 Å². The minimum atomic E-state index is -4.65. The van der Waals surface area contributed by atoms with Crippen molar-refractivity contribution >= 4 is 21.8 Å². The third-order valence-corrected chi connectivity index (χ3v) is 8.81. The number of hydrogen-bond acceptors (Lipinski definition) is 5. The Morgan fingerprint density at radius 3 is 2.64 bits per heavy atom. The summed E-state index contributed by atoms with van der Waals surface area (Å²) in [5.74, 6) is -1.26. The van der Waals surface area contributed by atoms with E-state index in [2.05, 4.69) is 9.71 Å². The van der Waals surface area contributed by atoms with Crippen LogP contribution in [0.5, 0.6) is 0 Å². The number of ketones is 1. The van der Waals surface area contributed by atoms with Crippen LogP contribution in [0.3, 0.4) is 0 Å². The summed E-state index contributed by atoms with van der Waals surface area (Å²) in [5.41, 5.74) is 1.30. The third-order valence-electron chi connectivity index (χ3n) is 7.23. The molecule has 0 radical (unpaired) electrons. The quantitative estimate of drug-likeness (QED) is 0.350. The maximum absolute atomic E-state index is 13.1. The van der Waals surface area contributed by atoms with Crippen molar-refractivity contribution in [1.82, 2.24) is 14.0 Å². The van der Waals surface area contributed by atoms with Crippen molar-refractivity contribution in [2.75, 3.05) is 13.1 Å². The van der Waals surface area contributed by atoms with Crippen LogP contribution in [0, 0.1) is 11.8 Å². The van der Waals surface area contributed by atoms with E-state index in [0.717, 1.165) is 17.2 Å². The van der Waals surface area contributed by atoms with Crippen LogP contribution in [0.2, 0.25) is 0 Å². The first-order chi connectivity index (χ1) is 16.8. The van der Waals surface area contributed by atoms with Gasteiger partial charge in [-0.1, -0.05) is 38.5 Å². The fourth-order valence-electron chi connectivity index (χ4n) is 5.36. The van der Waals surface area contributed by atoms with Crippen molar-refractivity contribution in [2.24, 2.45) is 11.8 Å². The summed E-state index contributed by atoms with van der Waals surface area (Å²) >= 11 is 0. The van der Waals surface area contributed by atoms with E-state index in [1.165, 1.54) is 6.20 Å². The normalized spacial score (nSPS) is 26.5. The number of aliphatic hydroxyl groups excluding tert-OH is 1.